The summed E-state index contributed by atoms with van der Waals surface area (Å²) in [7, 11) is 3.86. The van der Waals surface area contributed by atoms with E-state index in [0.29, 0.717) is 19.1 Å². The van der Waals surface area contributed by atoms with E-state index in [4.69, 9.17) is 10.5 Å². The first-order valence-corrected chi connectivity index (χ1v) is 6.51. The van der Waals surface area contributed by atoms with Crippen LogP contribution in [0.5, 0.6) is 0 Å². The average molecular weight is 250 g/mol. The Morgan fingerprint density at radius 1 is 1.28 bits per heavy atom. The minimum Gasteiger partial charge on any atom is -0.383 e. The zero-order valence-corrected chi connectivity index (χ0v) is 12.0. The molecule has 0 amide bonds. The fourth-order valence-electron chi connectivity index (χ4n) is 2.43. The summed E-state index contributed by atoms with van der Waals surface area (Å²) in [6.45, 7) is 6.55. The van der Waals surface area contributed by atoms with Gasteiger partial charge in [0.15, 0.2) is 0 Å². The summed E-state index contributed by atoms with van der Waals surface area (Å²) in [5, 5.41) is 0. The molecule has 1 aromatic carbocycles. The third-order valence-electron chi connectivity index (χ3n) is 3.85. The van der Waals surface area contributed by atoms with E-state index in [2.05, 4.69) is 50.1 Å². The second-order valence-corrected chi connectivity index (χ2v) is 5.24. The number of rotatable bonds is 7. The van der Waals surface area contributed by atoms with Crippen LogP contribution in [0.4, 0.5) is 0 Å². The molecular weight excluding hydrogens is 224 g/mol. The smallest absolute Gasteiger partial charge is 0.0661 e. The van der Waals surface area contributed by atoms with Crippen LogP contribution >= 0.6 is 0 Å². The van der Waals surface area contributed by atoms with Gasteiger partial charge in [0.1, 0.15) is 0 Å². The second kappa shape index (κ2) is 6.88. The van der Waals surface area contributed by atoms with Crippen molar-refractivity contribution >= 4 is 0 Å². The first kappa shape index (κ1) is 15.2. The minimum atomic E-state index is -0.107. The molecule has 3 heteroatoms. The van der Waals surface area contributed by atoms with Crippen LogP contribution in [-0.4, -0.2) is 37.7 Å². The number of methoxy groups -OCH3 is 1. The lowest BCUT2D eigenvalue weighted by molar-refractivity contribution is -0.00555. The predicted octanol–water partition coefficient (Wildman–Crippen LogP) is 2.12. The summed E-state index contributed by atoms with van der Waals surface area (Å²) in [5.74, 6) is 0.441. The third-order valence-corrected chi connectivity index (χ3v) is 3.85. The molecule has 1 unspecified atom stereocenters. The van der Waals surface area contributed by atoms with Crippen molar-refractivity contribution in [1.29, 1.82) is 0 Å². The highest BCUT2D eigenvalue weighted by molar-refractivity contribution is 5.15. The highest BCUT2D eigenvalue weighted by Crippen LogP contribution is 2.25. The molecule has 0 aliphatic carbocycles. The van der Waals surface area contributed by atoms with E-state index < -0.39 is 0 Å². The Bertz CT molecular complexity index is 340. The fourth-order valence-corrected chi connectivity index (χ4v) is 2.43. The monoisotopic (exact) mass is 250 g/mol. The summed E-state index contributed by atoms with van der Waals surface area (Å²) in [5.41, 5.74) is 7.22. The van der Waals surface area contributed by atoms with Gasteiger partial charge in [0.2, 0.25) is 0 Å². The molecule has 0 spiro atoms. The van der Waals surface area contributed by atoms with Crippen LogP contribution in [-0.2, 0) is 11.3 Å². The van der Waals surface area contributed by atoms with Gasteiger partial charge >= 0.3 is 0 Å². The van der Waals surface area contributed by atoms with E-state index in [9.17, 15) is 0 Å². The molecule has 3 nitrogen and oxygen atoms in total. The first-order valence-electron chi connectivity index (χ1n) is 6.51. The van der Waals surface area contributed by atoms with Crippen molar-refractivity contribution in [2.45, 2.75) is 25.9 Å². The van der Waals surface area contributed by atoms with Crippen molar-refractivity contribution in [2.75, 3.05) is 27.3 Å². The van der Waals surface area contributed by atoms with Crippen molar-refractivity contribution in [2.24, 2.45) is 11.7 Å². The van der Waals surface area contributed by atoms with Gasteiger partial charge in [-0.25, -0.2) is 0 Å². The zero-order chi connectivity index (χ0) is 13.6. The normalized spacial score (nSPS) is 15.1. The quantitative estimate of drug-likeness (QED) is 0.805. The van der Waals surface area contributed by atoms with Gasteiger partial charge in [0, 0.05) is 20.2 Å². The standard InChI is InChI=1S/C15H26N2O/c1-13(2)15(11-16,12-18-4)17(3)10-14-8-6-5-7-9-14/h5-9,13H,10-12,16H2,1-4H3. The molecule has 1 rings (SSSR count). The largest absolute Gasteiger partial charge is 0.383 e. The third kappa shape index (κ3) is 3.31. The van der Waals surface area contributed by atoms with Gasteiger partial charge in [0.05, 0.1) is 12.1 Å². The summed E-state index contributed by atoms with van der Waals surface area (Å²) in [6, 6.07) is 10.5. The lowest BCUT2D eigenvalue weighted by Crippen LogP contribution is -2.58. The molecule has 1 aromatic rings. The molecule has 0 radical (unpaired) electrons. The molecule has 1 atom stereocenters. The molecule has 0 aliphatic rings. The Hall–Kier alpha value is -0.900. The number of hydrogen-bond acceptors (Lipinski definition) is 3. The van der Waals surface area contributed by atoms with E-state index in [1.165, 1.54) is 5.56 Å². The molecule has 0 aliphatic heterocycles. The van der Waals surface area contributed by atoms with Gasteiger partial charge in [-0.3, -0.25) is 4.90 Å². The lowest BCUT2D eigenvalue weighted by atomic mass is 9.85. The van der Waals surface area contributed by atoms with Crippen molar-refractivity contribution in [3.63, 3.8) is 0 Å². The van der Waals surface area contributed by atoms with E-state index in [1.54, 1.807) is 7.11 Å². The molecule has 2 N–H and O–H groups in total. The maximum Gasteiger partial charge on any atom is 0.0661 e. The summed E-state index contributed by atoms with van der Waals surface area (Å²) < 4.78 is 5.40. The number of benzene rings is 1. The zero-order valence-electron chi connectivity index (χ0n) is 12.0. The maximum absolute atomic E-state index is 6.03. The van der Waals surface area contributed by atoms with Crippen LogP contribution in [0, 0.1) is 5.92 Å². The molecular formula is C15H26N2O. The molecule has 0 aromatic heterocycles. The van der Waals surface area contributed by atoms with Crippen molar-refractivity contribution in [3.8, 4) is 0 Å². The van der Waals surface area contributed by atoms with Crippen LogP contribution in [0.25, 0.3) is 0 Å². The van der Waals surface area contributed by atoms with Gasteiger partial charge in [-0.2, -0.15) is 0 Å². The van der Waals surface area contributed by atoms with E-state index in [1.807, 2.05) is 6.07 Å². The van der Waals surface area contributed by atoms with Crippen LogP contribution in [0.15, 0.2) is 30.3 Å². The van der Waals surface area contributed by atoms with Crippen LogP contribution in [0.1, 0.15) is 19.4 Å². The first-order chi connectivity index (χ1) is 8.56. The van der Waals surface area contributed by atoms with Gasteiger partial charge in [0.25, 0.3) is 0 Å². The highest BCUT2D eigenvalue weighted by atomic mass is 16.5. The van der Waals surface area contributed by atoms with E-state index in [-0.39, 0.29) is 5.54 Å². The Labute approximate surface area is 111 Å². The van der Waals surface area contributed by atoms with Gasteiger partial charge in [-0.05, 0) is 18.5 Å². The number of nitrogens with two attached hydrogens (primary N) is 1. The molecule has 0 fully saturated rings. The molecule has 102 valence electrons. The van der Waals surface area contributed by atoms with Crippen LogP contribution < -0.4 is 5.73 Å². The Kier molecular flexibility index (Phi) is 5.79. The van der Waals surface area contributed by atoms with Crippen LogP contribution in [0.3, 0.4) is 0 Å². The molecule has 0 bridgehead atoms. The van der Waals surface area contributed by atoms with Gasteiger partial charge < -0.3 is 10.5 Å². The topological polar surface area (TPSA) is 38.5 Å². The van der Waals surface area contributed by atoms with Crippen molar-refractivity contribution in [1.82, 2.24) is 4.90 Å². The second-order valence-electron chi connectivity index (χ2n) is 5.24. The van der Waals surface area contributed by atoms with E-state index in [0.717, 1.165) is 6.54 Å². The lowest BCUT2D eigenvalue weighted by Gasteiger charge is -2.44. The van der Waals surface area contributed by atoms with E-state index >= 15 is 0 Å². The number of nitrogens with zero attached hydrogens (tertiary/aromatic N) is 1. The Morgan fingerprint density at radius 3 is 2.33 bits per heavy atom. The SMILES string of the molecule is COCC(CN)(C(C)C)N(C)Cc1ccccc1. The molecule has 0 saturated heterocycles. The predicted molar refractivity (Wildman–Crippen MR) is 76.4 cm³/mol. The number of likely N-dealkylation sites (N-methyl/N-ethyl adjacent to an activating group) is 1. The fraction of sp³-hybridized carbons (Fsp3) is 0.600. The average Bonchev–Trinajstić information content (AvgIpc) is 2.36. The van der Waals surface area contributed by atoms with Crippen molar-refractivity contribution < 1.29 is 4.74 Å². The van der Waals surface area contributed by atoms with Crippen LogP contribution in [0.2, 0.25) is 0 Å². The summed E-state index contributed by atoms with van der Waals surface area (Å²) >= 11 is 0. The number of ether oxygens (including phenoxy) is 1. The maximum atomic E-state index is 6.03. The summed E-state index contributed by atoms with van der Waals surface area (Å²) in [4.78, 5) is 2.32. The van der Waals surface area contributed by atoms with Gasteiger partial charge in [-0.15, -0.1) is 0 Å². The molecule has 0 saturated carbocycles. The Morgan fingerprint density at radius 2 is 1.89 bits per heavy atom. The molecule has 18 heavy (non-hydrogen) atoms. The Balaban J connectivity index is 2.85. The van der Waals surface area contributed by atoms with Gasteiger partial charge in [-0.1, -0.05) is 44.2 Å². The summed E-state index contributed by atoms with van der Waals surface area (Å²) in [6.07, 6.45) is 0. The number of hydrogen-bond donors (Lipinski definition) is 1. The highest BCUT2D eigenvalue weighted by Gasteiger charge is 2.36. The molecule has 0 heterocycles. The minimum absolute atomic E-state index is 0.107. The van der Waals surface area contributed by atoms with Crippen molar-refractivity contribution in [3.05, 3.63) is 35.9 Å².